The Morgan fingerprint density at radius 2 is 1.76 bits per heavy atom. The lowest BCUT2D eigenvalue weighted by Gasteiger charge is -2.10. The zero-order valence-electron chi connectivity index (χ0n) is 15.3. The molecule has 7 nitrogen and oxygen atoms in total. The van der Waals surface area contributed by atoms with Crippen molar-refractivity contribution in [2.45, 2.75) is 18.1 Å². The highest BCUT2D eigenvalue weighted by Gasteiger charge is 2.22. The standard InChI is InChI=1S/C20H17ClO7S/c1-25-18-8-7-15(21)9-20(18)29(23,24)28-12-16-10-17(22)19(13-26-16)27-11-14-5-3-2-4-6-14/h2-10,13H,11-12H2,1H3. The van der Waals surface area contributed by atoms with Gasteiger partial charge in [0.2, 0.25) is 11.2 Å². The van der Waals surface area contributed by atoms with Crippen LogP contribution in [0, 0.1) is 0 Å². The Morgan fingerprint density at radius 1 is 1.00 bits per heavy atom. The molecule has 0 spiro atoms. The lowest BCUT2D eigenvalue weighted by molar-refractivity contribution is 0.256. The lowest BCUT2D eigenvalue weighted by atomic mass is 10.2. The molecular weight excluding hydrogens is 420 g/mol. The van der Waals surface area contributed by atoms with Crippen LogP contribution in [-0.4, -0.2) is 15.5 Å². The van der Waals surface area contributed by atoms with Crippen molar-refractivity contribution in [2.24, 2.45) is 0 Å². The van der Waals surface area contributed by atoms with Crippen molar-refractivity contribution in [1.82, 2.24) is 0 Å². The van der Waals surface area contributed by atoms with Crippen molar-refractivity contribution >= 4 is 21.7 Å². The van der Waals surface area contributed by atoms with Gasteiger partial charge in [-0.2, -0.15) is 8.42 Å². The maximum absolute atomic E-state index is 12.4. The minimum atomic E-state index is -4.20. The highest BCUT2D eigenvalue weighted by atomic mass is 35.5. The predicted octanol–water partition coefficient (Wildman–Crippen LogP) is 3.79. The Bertz CT molecular complexity index is 1140. The molecule has 0 saturated heterocycles. The molecule has 0 aliphatic carbocycles. The molecule has 29 heavy (non-hydrogen) atoms. The number of methoxy groups -OCH3 is 1. The first-order valence-electron chi connectivity index (χ1n) is 8.40. The highest BCUT2D eigenvalue weighted by molar-refractivity contribution is 7.86. The van der Waals surface area contributed by atoms with Crippen LogP contribution in [0.4, 0.5) is 0 Å². The molecule has 0 N–H and O–H groups in total. The lowest BCUT2D eigenvalue weighted by Crippen LogP contribution is -2.11. The summed E-state index contributed by atoms with van der Waals surface area (Å²) in [6, 6.07) is 14.5. The zero-order valence-corrected chi connectivity index (χ0v) is 16.9. The van der Waals surface area contributed by atoms with Gasteiger partial charge in [-0.05, 0) is 23.8 Å². The molecule has 0 fully saturated rings. The summed E-state index contributed by atoms with van der Waals surface area (Å²) in [6.45, 7) is -0.281. The van der Waals surface area contributed by atoms with Gasteiger partial charge in [-0.1, -0.05) is 41.9 Å². The average molecular weight is 437 g/mol. The molecule has 0 radical (unpaired) electrons. The SMILES string of the molecule is COc1ccc(Cl)cc1S(=O)(=O)OCc1cc(=O)c(OCc2ccccc2)co1. The predicted molar refractivity (Wildman–Crippen MR) is 106 cm³/mol. The van der Waals surface area contributed by atoms with Gasteiger partial charge in [0.25, 0.3) is 0 Å². The third-order valence-corrected chi connectivity index (χ3v) is 5.36. The van der Waals surface area contributed by atoms with E-state index in [2.05, 4.69) is 0 Å². The molecule has 0 atom stereocenters. The first-order chi connectivity index (χ1) is 13.9. The van der Waals surface area contributed by atoms with Gasteiger partial charge in [0, 0.05) is 11.1 Å². The van der Waals surface area contributed by atoms with Gasteiger partial charge in [-0.25, -0.2) is 0 Å². The maximum atomic E-state index is 12.4. The molecule has 0 saturated carbocycles. The number of ether oxygens (including phenoxy) is 2. The minimum absolute atomic E-state index is 0.0111. The van der Waals surface area contributed by atoms with Crippen LogP contribution in [0.15, 0.2) is 75.0 Å². The van der Waals surface area contributed by atoms with Crippen molar-refractivity contribution in [3.05, 3.63) is 87.4 Å². The fourth-order valence-electron chi connectivity index (χ4n) is 2.40. The number of rotatable bonds is 8. The summed E-state index contributed by atoms with van der Waals surface area (Å²) < 4.78 is 45.6. The van der Waals surface area contributed by atoms with Crippen LogP contribution in [-0.2, 0) is 27.5 Å². The molecule has 3 rings (SSSR count). The summed E-state index contributed by atoms with van der Waals surface area (Å²) in [5.74, 6) is 0.115. The molecule has 1 aromatic heterocycles. The summed E-state index contributed by atoms with van der Waals surface area (Å²) in [6.07, 6.45) is 1.12. The number of halogens is 1. The van der Waals surface area contributed by atoms with Gasteiger partial charge in [0.1, 0.15) is 35.9 Å². The first-order valence-corrected chi connectivity index (χ1v) is 10.2. The van der Waals surface area contributed by atoms with Crippen molar-refractivity contribution in [2.75, 3.05) is 7.11 Å². The van der Waals surface area contributed by atoms with E-state index in [9.17, 15) is 13.2 Å². The summed E-state index contributed by atoms with van der Waals surface area (Å²) in [5.41, 5.74) is 0.435. The molecule has 1 heterocycles. The van der Waals surface area contributed by atoms with Crippen LogP contribution in [0.3, 0.4) is 0 Å². The number of hydrogen-bond acceptors (Lipinski definition) is 7. The second-order valence-corrected chi connectivity index (χ2v) is 7.88. The second-order valence-electron chi connectivity index (χ2n) is 5.86. The molecule has 152 valence electrons. The van der Waals surface area contributed by atoms with E-state index >= 15 is 0 Å². The van der Waals surface area contributed by atoms with E-state index in [1.54, 1.807) is 0 Å². The van der Waals surface area contributed by atoms with E-state index in [1.807, 2.05) is 30.3 Å². The maximum Gasteiger partial charge on any atom is 0.301 e. The van der Waals surface area contributed by atoms with Crippen LogP contribution in [0.2, 0.25) is 5.02 Å². The van der Waals surface area contributed by atoms with Gasteiger partial charge < -0.3 is 13.9 Å². The van der Waals surface area contributed by atoms with Gasteiger partial charge in [-0.15, -0.1) is 0 Å². The minimum Gasteiger partial charge on any atom is -0.495 e. The largest absolute Gasteiger partial charge is 0.495 e. The van der Waals surface area contributed by atoms with Gasteiger partial charge in [-0.3, -0.25) is 8.98 Å². The average Bonchev–Trinajstić information content (AvgIpc) is 2.72. The third kappa shape index (κ3) is 5.38. The van der Waals surface area contributed by atoms with Crippen LogP contribution >= 0.6 is 11.6 Å². The van der Waals surface area contributed by atoms with E-state index in [1.165, 1.54) is 25.3 Å². The van der Waals surface area contributed by atoms with Crippen molar-refractivity contribution < 1.29 is 26.5 Å². The molecule has 0 unspecified atom stereocenters. The Hall–Kier alpha value is -2.81. The summed E-state index contributed by atoms with van der Waals surface area (Å²) in [4.78, 5) is 11.9. The summed E-state index contributed by atoms with van der Waals surface area (Å²) in [7, 11) is -2.87. The van der Waals surface area contributed by atoms with Gasteiger partial charge >= 0.3 is 10.1 Å². The van der Waals surface area contributed by atoms with E-state index in [0.717, 1.165) is 17.9 Å². The van der Waals surface area contributed by atoms with E-state index in [0.29, 0.717) is 0 Å². The number of benzene rings is 2. The van der Waals surface area contributed by atoms with Crippen molar-refractivity contribution in [1.29, 1.82) is 0 Å². The first kappa shape index (κ1) is 20.9. The van der Waals surface area contributed by atoms with Crippen molar-refractivity contribution in [3.63, 3.8) is 0 Å². The van der Waals surface area contributed by atoms with Crippen LogP contribution in [0.5, 0.6) is 11.5 Å². The van der Waals surface area contributed by atoms with Crippen molar-refractivity contribution in [3.8, 4) is 11.5 Å². The fraction of sp³-hybridized carbons (Fsp3) is 0.150. The molecule has 9 heteroatoms. The molecule has 0 bridgehead atoms. The monoisotopic (exact) mass is 436 g/mol. The molecule has 2 aromatic carbocycles. The third-order valence-electron chi connectivity index (χ3n) is 3.84. The van der Waals surface area contributed by atoms with Gasteiger partial charge in [0.05, 0.1) is 7.11 Å². The molecular formula is C20H17ClO7S. The second kappa shape index (κ2) is 9.13. The Labute approximate surface area is 172 Å². The highest BCUT2D eigenvalue weighted by Crippen LogP contribution is 2.28. The molecule has 0 aliphatic rings. The fourth-order valence-corrected chi connectivity index (χ4v) is 3.70. The topological polar surface area (TPSA) is 92.0 Å². The van der Waals surface area contributed by atoms with Crippen LogP contribution < -0.4 is 14.9 Å². The Balaban J connectivity index is 1.69. The van der Waals surface area contributed by atoms with E-state index in [-0.39, 0.29) is 33.8 Å². The van der Waals surface area contributed by atoms with E-state index in [4.69, 9.17) is 29.7 Å². The quantitative estimate of drug-likeness (QED) is 0.496. The normalized spacial score (nSPS) is 11.2. The smallest absolute Gasteiger partial charge is 0.301 e. The zero-order chi connectivity index (χ0) is 20.9. The molecule has 3 aromatic rings. The summed E-state index contributed by atoms with van der Waals surface area (Å²) >= 11 is 5.86. The molecule has 0 aliphatic heterocycles. The number of hydrogen-bond donors (Lipinski definition) is 0. The summed E-state index contributed by atoms with van der Waals surface area (Å²) in [5, 5.41) is 0.208. The van der Waals surface area contributed by atoms with Crippen LogP contribution in [0.1, 0.15) is 11.3 Å². The van der Waals surface area contributed by atoms with Crippen LogP contribution in [0.25, 0.3) is 0 Å². The molecule has 0 amide bonds. The Kier molecular flexibility index (Phi) is 6.58. The van der Waals surface area contributed by atoms with Gasteiger partial charge in [0.15, 0.2) is 0 Å². The Morgan fingerprint density at radius 3 is 2.45 bits per heavy atom. The van der Waals surface area contributed by atoms with E-state index < -0.39 is 22.2 Å².